The smallest absolute Gasteiger partial charge is 0.223 e. The Morgan fingerprint density at radius 1 is 1.26 bits per heavy atom. The molecule has 0 atom stereocenters. The van der Waals surface area contributed by atoms with Gasteiger partial charge in [0.2, 0.25) is 5.95 Å². The first-order chi connectivity index (χ1) is 8.94. The Morgan fingerprint density at radius 2 is 1.95 bits per heavy atom. The Labute approximate surface area is 117 Å². The van der Waals surface area contributed by atoms with Gasteiger partial charge in [0.15, 0.2) is 0 Å². The highest BCUT2D eigenvalue weighted by Gasteiger charge is 2.27. The lowest BCUT2D eigenvalue weighted by Gasteiger charge is -2.37. The van der Waals surface area contributed by atoms with Crippen molar-refractivity contribution in [3.8, 4) is 0 Å². The molecule has 102 valence electrons. The van der Waals surface area contributed by atoms with E-state index in [1.54, 1.807) is 11.3 Å². The number of nitrogens with zero attached hydrogens (tertiary/aromatic N) is 3. The molecule has 0 aliphatic carbocycles. The van der Waals surface area contributed by atoms with Gasteiger partial charge < -0.3 is 10.6 Å². The van der Waals surface area contributed by atoms with Crippen molar-refractivity contribution in [1.82, 2.24) is 9.97 Å². The van der Waals surface area contributed by atoms with Crippen molar-refractivity contribution in [3.63, 3.8) is 0 Å². The Kier molecular flexibility index (Phi) is 2.89. The Hall–Kier alpha value is -1.36. The summed E-state index contributed by atoms with van der Waals surface area (Å²) in [5.74, 6) is 1.40. The Bertz CT molecular complexity index is 607. The third kappa shape index (κ3) is 2.39. The van der Waals surface area contributed by atoms with Crippen molar-refractivity contribution in [2.75, 3.05) is 23.7 Å². The first kappa shape index (κ1) is 12.7. The molecule has 0 aromatic carbocycles. The molecule has 0 radical (unpaired) electrons. The SMILES string of the molecule is Cc1cc2c(N3CCC(C)(C)CC3)nc(N)nc2s1. The summed E-state index contributed by atoms with van der Waals surface area (Å²) in [6.45, 7) is 8.87. The van der Waals surface area contributed by atoms with Gasteiger partial charge in [-0.15, -0.1) is 11.3 Å². The van der Waals surface area contributed by atoms with E-state index in [1.165, 1.54) is 17.7 Å². The van der Waals surface area contributed by atoms with Crippen LogP contribution in [0.3, 0.4) is 0 Å². The van der Waals surface area contributed by atoms with Crippen molar-refractivity contribution in [3.05, 3.63) is 10.9 Å². The van der Waals surface area contributed by atoms with Crippen LogP contribution in [0.25, 0.3) is 10.2 Å². The number of aromatic nitrogens is 2. The summed E-state index contributed by atoms with van der Waals surface area (Å²) in [5, 5.41) is 1.15. The van der Waals surface area contributed by atoms with E-state index in [2.05, 4.69) is 41.7 Å². The molecule has 1 aliphatic rings. The topological polar surface area (TPSA) is 55.0 Å². The largest absolute Gasteiger partial charge is 0.368 e. The van der Waals surface area contributed by atoms with Crippen LogP contribution in [-0.4, -0.2) is 23.1 Å². The van der Waals surface area contributed by atoms with E-state index >= 15 is 0 Å². The monoisotopic (exact) mass is 276 g/mol. The van der Waals surface area contributed by atoms with Gasteiger partial charge in [0.05, 0.1) is 5.39 Å². The quantitative estimate of drug-likeness (QED) is 0.869. The Balaban J connectivity index is 2.00. The maximum absolute atomic E-state index is 5.85. The van der Waals surface area contributed by atoms with Crippen molar-refractivity contribution < 1.29 is 0 Å². The van der Waals surface area contributed by atoms with Gasteiger partial charge in [0.25, 0.3) is 0 Å². The fourth-order valence-corrected chi connectivity index (χ4v) is 3.49. The van der Waals surface area contributed by atoms with Crippen LogP contribution < -0.4 is 10.6 Å². The van der Waals surface area contributed by atoms with Gasteiger partial charge in [-0.1, -0.05) is 13.8 Å². The van der Waals surface area contributed by atoms with E-state index in [1.807, 2.05) is 0 Å². The van der Waals surface area contributed by atoms with Gasteiger partial charge in [0, 0.05) is 18.0 Å². The third-order valence-electron chi connectivity index (χ3n) is 3.93. The predicted octanol–water partition coefficient (Wildman–Crippen LogP) is 3.21. The molecule has 5 heteroatoms. The lowest BCUT2D eigenvalue weighted by atomic mass is 9.82. The first-order valence-corrected chi connectivity index (χ1v) is 7.55. The highest BCUT2D eigenvalue weighted by Crippen LogP contribution is 2.36. The van der Waals surface area contributed by atoms with E-state index < -0.39 is 0 Å². The summed E-state index contributed by atoms with van der Waals surface area (Å²) in [6.07, 6.45) is 2.39. The van der Waals surface area contributed by atoms with E-state index in [9.17, 15) is 0 Å². The predicted molar refractivity (Wildman–Crippen MR) is 81.8 cm³/mol. The maximum Gasteiger partial charge on any atom is 0.223 e. The second-order valence-corrected chi connectivity index (χ2v) is 7.37. The average Bonchev–Trinajstić information content (AvgIpc) is 2.68. The minimum Gasteiger partial charge on any atom is -0.368 e. The molecule has 1 saturated heterocycles. The van der Waals surface area contributed by atoms with Gasteiger partial charge in [-0.25, -0.2) is 4.98 Å². The van der Waals surface area contributed by atoms with Gasteiger partial charge in [-0.05, 0) is 31.2 Å². The lowest BCUT2D eigenvalue weighted by molar-refractivity contribution is 0.279. The minimum absolute atomic E-state index is 0.384. The van der Waals surface area contributed by atoms with E-state index in [-0.39, 0.29) is 0 Å². The van der Waals surface area contributed by atoms with E-state index in [4.69, 9.17) is 5.73 Å². The van der Waals surface area contributed by atoms with Crippen LogP contribution in [0, 0.1) is 12.3 Å². The molecule has 2 N–H and O–H groups in total. The summed E-state index contributed by atoms with van der Waals surface area (Å²) in [5.41, 5.74) is 6.29. The molecular formula is C14H20N4S. The van der Waals surface area contributed by atoms with Crippen LogP contribution in [0.15, 0.2) is 6.07 Å². The van der Waals surface area contributed by atoms with Crippen LogP contribution in [0.5, 0.6) is 0 Å². The average molecular weight is 276 g/mol. The molecular weight excluding hydrogens is 256 g/mol. The molecule has 0 saturated carbocycles. The second kappa shape index (κ2) is 4.34. The highest BCUT2D eigenvalue weighted by molar-refractivity contribution is 7.18. The summed E-state index contributed by atoms with van der Waals surface area (Å²) in [6, 6.07) is 2.18. The molecule has 0 amide bonds. The van der Waals surface area contributed by atoms with Crippen LogP contribution in [-0.2, 0) is 0 Å². The zero-order valence-corrected chi connectivity index (χ0v) is 12.5. The number of piperidine rings is 1. The van der Waals surface area contributed by atoms with Crippen molar-refractivity contribution >= 4 is 33.3 Å². The van der Waals surface area contributed by atoms with Crippen molar-refractivity contribution in [2.24, 2.45) is 5.41 Å². The minimum atomic E-state index is 0.384. The summed E-state index contributed by atoms with van der Waals surface area (Å²) in [4.78, 5) is 13.4. The molecule has 1 aliphatic heterocycles. The molecule has 0 unspecified atom stereocenters. The summed E-state index contributed by atoms with van der Waals surface area (Å²) >= 11 is 1.69. The molecule has 4 nitrogen and oxygen atoms in total. The molecule has 0 spiro atoms. The molecule has 1 fully saturated rings. The first-order valence-electron chi connectivity index (χ1n) is 6.73. The van der Waals surface area contributed by atoms with Crippen LogP contribution in [0.1, 0.15) is 31.6 Å². The van der Waals surface area contributed by atoms with Gasteiger partial charge in [0.1, 0.15) is 10.6 Å². The van der Waals surface area contributed by atoms with Gasteiger partial charge >= 0.3 is 0 Å². The molecule has 0 bridgehead atoms. The number of nitrogens with two attached hydrogens (primary N) is 1. The number of hydrogen-bond acceptors (Lipinski definition) is 5. The zero-order valence-electron chi connectivity index (χ0n) is 11.7. The second-order valence-electron chi connectivity index (χ2n) is 6.13. The van der Waals surface area contributed by atoms with Crippen LogP contribution in [0.4, 0.5) is 11.8 Å². The number of rotatable bonds is 1. The van der Waals surface area contributed by atoms with E-state index in [0.717, 1.165) is 29.1 Å². The number of anilines is 2. The number of fused-ring (bicyclic) bond motifs is 1. The molecule has 19 heavy (non-hydrogen) atoms. The summed E-state index contributed by atoms with van der Waals surface area (Å²) < 4.78 is 0. The normalized spacial score (nSPS) is 19.0. The lowest BCUT2D eigenvalue weighted by Crippen LogP contribution is -2.37. The standard InChI is InChI=1S/C14H20N4S/c1-9-8-10-11(16-13(15)17-12(10)19-9)18-6-4-14(2,3)5-7-18/h8H,4-7H2,1-3H3,(H2,15,16,17). The number of thiophene rings is 1. The Morgan fingerprint density at radius 3 is 2.63 bits per heavy atom. The summed E-state index contributed by atoms with van der Waals surface area (Å²) in [7, 11) is 0. The molecule has 3 heterocycles. The molecule has 2 aromatic rings. The van der Waals surface area contributed by atoms with Gasteiger partial charge in [-0.2, -0.15) is 4.98 Å². The van der Waals surface area contributed by atoms with Crippen molar-refractivity contribution in [1.29, 1.82) is 0 Å². The third-order valence-corrected chi connectivity index (χ3v) is 4.87. The van der Waals surface area contributed by atoms with Crippen molar-refractivity contribution in [2.45, 2.75) is 33.6 Å². The van der Waals surface area contributed by atoms with E-state index in [0.29, 0.717) is 11.4 Å². The maximum atomic E-state index is 5.85. The molecule has 3 rings (SSSR count). The fraction of sp³-hybridized carbons (Fsp3) is 0.571. The van der Waals surface area contributed by atoms with Gasteiger partial charge in [-0.3, -0.25) is 0 Å². The van der Waals surface area contributed by atoms with Crippen LogP contribution >= 0.6 is 11.3 Å². The highest BCUT2D eigenvalue weighted by atomic mass is 32.1. The fourth-order valence-electron chi connectivity index (χ4n) is 2.61. The number of hydrogen-bond donors (Lipinski definition) is 1. The zero-order chi connectivity index (χ0) is 13.6. The number of aryl methyl sites for hydroxylation is 1. The van der Waals surface area contributed by atoms with Crippen LogP contribution in [0.2, 0.25) is 0 Å². The molecule has 2 aromatic heterocycles. The number of nitrogen functional groups attached to an aromatic ring is 1.